The highest BCUT2D eigenvalue weighted by atomic mass is 16.5. The van der Waals surface area contributed by atoms with E-state index in [-0.39, 0.29) is 6.04 Å². The third-order valence-corrected chi connectivity index (χ3v) is 0.921. The smallest absolute Gasteiger partial charge is 0.171 e. The van der Waals surface area contributed by atoms with E-state index in [0.717, 1.165) is 5.70 Å². The normalized spacial score (nSPS) is 13.4. The van der Waals surface area contributed by atoms with Crippen LogP contribution >= 0.6 is 0 Å². The van der Waals surface area contributed by atoms with Crippen molar-refractivity contribution in [2.24, 2.45) is 0 Å². The summed E-state index contributed by atoms with van der Waals surface area (Å²) in [7, 11) is 0. The van der Waals surface area contributed by atoms with Crippen molar-refractivity contribution < 1.29 is 10.2 Å². The topological polar surface area (TPSA) is 52.5 Å². The lowest BCUT2D eigenvalue weighted by Crippen LogP contribution is -2.35. The molecule has 0 aliphatic heterocycles. The van der Waals surface area contributed by atoms with Crippen LogP contribution in [0.3, 0.4) is 0 Å². The fourth-order valence-corrected chi connectivity index (χ4v) is 0.463. The monoisotopic (exact) mass is 131 g/mol. The summed E-state index contributed by atoms with van der Waals surface area (Å²) in [5.41, 5.74) is 0.732. The van der Waals surface area contributed by atoms with Gasteiger partial charge in [0.05, 0.1) is 6.04 Å². The van der Waals surface area contributed by atoms with Crippen molar-refractivity contribution in [2.75, 3.05) is 0 Å². The van der Waals surface area contributed by atoms with E-state index in [1.165, 1.54) is 0 Å². The number of allylic oxidation sites excluding steroid dienone is 1. The van der Waals surface area contributed by atoms with E-state index in [9.17, 15) is 0 Å². The van der Waals surface area contributed by atoms with Gasteiger partial charge in [0, 0.05) is 5.70 Å². The van der Waals surface area contributed by atoms with Gasteiger partial charge in [-0.1, -0.05) is 6.58 Å². The van der Waals surface area contributed by atoms with Crippen LogP contribution in [0.25, 0.3) is 0 Å². The molecule has 0 aliphatic rings. The Labute approximate surface area is 55.0 Å². The lowest BCUT2D eigenvalue weighted by molar-refractivity contribution is -0.0603. The molecule has 0 radical (unpaired) electrons. The fourth-order valence-electron chi connectivity index (χ4n) is 0.463. The maximum Gasteiger partial charge on any atom is 0.171 e. The quantitative estimate of drug-likeness (QED) is 0.465. The van der Waals surface area contributed by atoms with Crippen molar-refractivity contribution in [2.45, 2.75) is 26.2 Å². The van der Waals surface area contributed by atoms with Gasteiger partial charge in [0.1, 0.15) is 0 Å². The average Bonchev–Trinajstić information content (AvgIpc) is 1.63. The molecule has 1 atom stereocenters. The third-order valence-electron chi connectivity index (χ3n) is 0.921. The highest BCUT2D eigenvalue weighted by molar-refractivity contribution is 4.87. The highest BCUT2D eigenvalue weighted by Gasteiger charge is 2.07. The van der Waals surface area contributed by atoms with Crippen LogP contribution in [0, 0.1) is 0 Å². The molecule has 0 heterocycles. The largest absolute Gasteiger partial charge is 0.382 e. The van der Waals surface area contributed by atoms with Crippen molar-refractivity contribution in [1.82, 2.24) is 5.32 Å². The second-order valence-electron chi connectivity index (χ2n) is 2.13. The fraction of sp³-hybridized carbons (Fsp3) is 0.667. The minimum atomic E-state index is -1.32. The Balaban J connectivity index is 3.50. The van der Waals surface area contributed by atoms with Crippen LogP contribution < -0.4 is 5.32 Å². The summed E-state index contributed by atoms with van der Waals surface area (Å²) in [6.45, 7) is 6.97. The minimum Gasteiger partial charge on any atom is -0.382 e. The summed E-state index contributed by atoms with van der Waals surface area (Å²) in [5, 5.41) is 19.8. The number of hydrogen-bond donors (Lipinski definition) is 3. The van der Waals surface area contributed by atoms with Crippen molar-refractivity contribution in [3.63, 3.8) is 0 Å². The van der Waals surface area contributed by atoms with E-state index in [1.54, 1.807) is 13.8 Å². The minimum absolute atomic E-state index is 0.345. The van der Waals surface area contributed by atoms with E-state index in [4.69, 9.17) is 10.2 Å². The van der Waals surface area contributed by atoms with Crippen molar-refractivity contribution in [1.29, 1.82) is 0 Å². The molecule has 0 bridgehead atoms. The molecule has 0 rings (SSSR count). The van der Waals surface area contributed by atoms with E-state index >= 15 is 0 Å². The first-order valence-electron chi connectivity index (χ1n) is 2.82. The van der Waals surface area contributed by atoms with Gasteiger partial charge in [-0.3, -0.25) is 0 Å². The van der Waals surface area contributed by atoms with Crippen LogP contribution in [0.4, 0.5) is 0 Å². The molecule has 3 N–H and O–H groups in total. The first kappa shape index (κ1) is 8.46. The van der Waals surface area contributed by atoms with E-state index < -0.39 is 6.29 Å². The number of hydrogen-bond acceptors (Lipinski definition) is 3. The molecule has 9 heavy (non-hydrogen) atoms. The Hall–Kier alpha value is -0.540. The van der Waals surface area contributed by atoms with Crippen LogP contribution in [0.2, 0.25) is 0 Å². The van der Waals surface area contributed by atoms with Crippen LogP contribution in [-0.2, 0) is 0 Å². The third kappa shape index (κ3) is 4.00. The maximum atomic E-state index is 8.52. The summed E-state index contributed by atoms with van der Waals surface area (Å²) < 4.78 is 0. The van der Waals surface area contributed by atoms with E-state index in [0.29, 0.717) is 0 Å². The van der Waals surface area contributed by atoms with Crippen LogP contribution in [0.5, 0.6) is 0 Å². The summed E-state index contributed by atoms with van der Waals surface area (Å²) in [5.74, 6) is 0. The Morgan fingerprint density at radius 1 is 1.56 bits per heavy atom. The summed E-state index contributed by atoms with van der Waals surface area (Å²) in [4.78, 5) is 0. The molecule has 0 saturated heterocycles. The number of rotatable bonds is 3. The van der Waals surface area contributed by atoms with Crippen molar-refractivity contribution in [3.05, 3.63) is 12.3 Å². The molecule has 0 aromatic heterocycles. The zero-order valence-corrected chi connectivity index (χ0v) is 5.76. The Morgan fingerprint density at radius 3 is 2.11 bits per heavy atom. The van der Waals surface area contributed by atoms with Gasteiger partial charge < -0.3 is 15.5 Å². The first-order chi connectivity index (χ1) is 4.04. The zero-order valence-electron chi connectivity index (χ0n) is 5.76. The second-order valence-corrected chi connectivity index (χ2v) is 2.13. The Morgan fingerprint density at radius 2 is 2.00 bits per heavy atom. The highest BCUT2D eigenvalue weighted by Crippen LogP contribution is 1.90. The van der Waals surface area contributed by atoms with Crippen LogP contribution in [0.15, 0.2) is 12.3 Å². The van der Waals surface area contributed by atoms with Gasteiger partial charge in [-0.15, -0.1) is 0 Å². The van der Waals surface area contributed by atoms with Gasteiger partial charge >= 0.3 is 0 Å². The van der Waals surface area contributed by atoms with Crippen molar-refractivity contribution >= 4 is 0 Å². The second kappa shape index (κ2) is 3.48. The van der Waals surface area contributed by atoms with Crippen LogP contribution in [0.1, 0.15) is 13.8 Å². The van der Waals surface area contributed by atoms with Gasteiger partial charge in [-0.2, -0.15) is 0 Å². The molecule has 0 aliphatic carbocycles. The summed E-state index contributed by atoms with van der Waals surface area (Å²) in [6, 6.07) is -0.345. The molecule has 3 nitrogen and oxygen atoms in total. The van der Waals surface area contributed by atoms with Gasteiger partial charge in [0.15, 0.2) is 6.29 Å². The van der Waals surface area contributed by atoms with Gasteiger partial charge in [-0.25, -0.2) is 0 Å². The van der Waals surface area contributed by atoms with E-state index in [2.05, 4.69) is 11.9 Å². The molecule has 0 spiro atoms. The summed E-state index contributed by atoms with van der Waals surface area (Å²) >= 11 is 0. The average molecular weight is 131 g/mol. The number of nitrogens with one attached hydrogen (secondary N) is 1. The van der Waals surface area contributed by atoms with Gasteiger partial charge in [0.25, 0.3) is 0 Å². The lowest BCUT2D eigenvalue weighted by atomic mass is 10.3. The predicted molar refractivity (Wildman–Crippen MR) is 35.6 cm³/mol. The predicted octanol–water partition coefficient (Wildman–Crippen LogP) is -0.191. The number of aliphatic hydroxyl groups excluding tert-OH is 1. The van der Waals surface area contributed by atoms with Gasteiger partial charge in [0.2, 0.25) is 0 Å². The molecule has 0 saturated carbocycles. The van der Waals surface area contributed by atoms with Gasteiger partial charge in [-0.05, 0) is 13.8 Å². The molecule has 0 amide bonds. The SMILES string of the molecule is C=C(C)N[C@H](C)C(O)O. The Kier molecular flexibility index (Phi) is 3.27. The van der Waals surface area contributed by atoms with Crippen LogP contribution in [-0.4, -0.2) is 22.5 Å². The van der Waals surface area contributed by atoms with Crippen molar-refractivity contribution in [3.8, 4) is 0 Å². The standard InChI is InChI=1S/C6H13NO2/c1-4(2)7-5(3)6(8)9/h5-9H,1H2,2-3H3/t5-/m1/s1. The molecule has 0 fully saturated rings. The molecule has 0 aromatic carbocycles. The van der Waals surface area contributed by atoms with E-state index in [1.807, 2.05) is 0 Å². The molecular formula is C6H13NO2. The lowest BCUT2D eigenvalue weighted by Gasteiger charge is -2.15. The first-order valence-corrected chi connectivity index (χ1v) is 2.82. The molecule has 3 heteroatoms. The molecule has 0 unspecified atom stereocenters. The molecular weight excluding hydrogens is 118 g/mol. The molecule has 54 valence electrons. The zero-order chi connectivity index (χ0) is 7.44. The molecule has 0 aromatic rings. The Bertz CT molecular complexity index is 101. The summed E-state index contributed by atoms with van der Waals surface area (Å²) in [6.07, 6.45) is -1.32. The number of aliphatic hydroxyl groups is 2. The maximum absolute atomic E-state index is 8.52.